The Hall–Kier alpha value is -1.23. The molecule has 0 aliphatic heterocycles. The van der Waals surface area contributed by atoms with Crippen molar-refractivity contribution in [3.05, 3.63) is 34.9 Å². The van der Waals surface area contributed by atoms with Crippen LogP contribution in [0.15, 0.2) is 33.5 Å². The second kappa shape index (κ2) is 3.26. The molecule has 0 aliphatic rings. The topological polar surface area (TPSA) is 38.9 Å². The Morgan fingerprint density at radius 1 is 1.38 bits per heavy atom. The van der Waals surface area contributed by atoms with Crippen LogP contribution in [-0.4, -0.2) is 10.2 Å². The molecule has 2 rings (SSSR count). The van der Waals surface area contributed by atoms with Gasteiger partial charge in [-0.05, 0) is 28.1 Å². The Morgan fingerprint density at radius 3 is 2.92 bits per heavy atom. The van der Waals surface area contributed by atoms with Crippen LogP contribution in [0, 0.1) is 5.82 Å². The summed E-state index contributed by atoms with van der Waals surface area (Å²) in [5, 5.41) is 7.08. The molecule has 0 radical (unpaired) electrons. The summed E-state index contributed by atoms with van der Waals surface area (Å²) in [5.74, 6) is -0.217. The maximum absolute atomic E-state index is 13.4. The van der Waals surface area contributed by atoms with E-state index in [1.54, 1.807) is 18.2 Å². The average molecular weight is 243 g/mol. The van der Waals surface area contributed by atoms with Crippen molar-refractivity contribution in [3.8, 4) is 11.5 Å². The van der Waals surface area contributed by atoms with Gasteiger partial charge in [0.2, 0.25) is 12.3 Å². The highest BCUT2D eigenvalue weighted by molar-refractivity contribution is 9.10. The molecule has 0 spiro atoms. The molecular weight excluding hydrogens is 239 g/mol. The van der Waals surface area contributed by atoms with Crippen molar-refractivity contribution in [2.24, 2.45) is 0 Å². The van der Waals surface area contributed by atoms with Gasteiger partial charge in [0, 0.05) is 0 Å². The van der Waals surface area contributed by atoms with Gasteiger partial charge in [-0.1, -0.05) is 6.07 Å². The molecule has 0 N–H and O–H groups in total. The molecule has 0 amide bonds. The molecule has 66 valence electrons. The van der Waals surface area contributed by atoms with Gasteiger partial charge >= 0.3 is 0 Å². The number of aromatic nitrogens is 2. The normalized spacial score (nSPS) is 10.3. The van der Waals surface area contributed by atoms with E-state index in [-0.39, 0.29) is 5.89 Å². The summed E-state index contributed by atoms with van der Waals surface area (Å²) in [7, 11) is 0. The molecule has 3 nitrogen and oxygen atoms in total. The van der Waals surface area contributed by atoms with E-state index in [2.05, 4.69) is 26.1 Å². The molecule has 0 bridgehead atoms. The molecule has 0 saturated heterocycles. The predicted molar refractivity (Wildman–Crippen MR) is 47.4 cm³/mol. The fourth-order valence-electron chi connectivity index (χ4n) is 0.959. The van der Waals surface area contributed by atoms with E-state index in [9.17, 15) is 4.39 Å². The number of halogens is 2. The van der Waals surface area contributed by atoms with Crippen LogP contribution in [0.4, 0.5) is 4.39 Å². The Labute approximate surface area is 81.7 Å². The van der Waals surface area contributed by atoms with Crippen LogP contribution >= 0.6 is 15.9 Å². The van der Waals surface area contributed by atoms with Crippen LogP contribution in [0.1, 0.15) is 0 Å². The lowest BCUT2D eigenvalue weighted by atomic mass is 10.2. The summed E-state index contributed by atoms with van der Waals surface area (Å²) in [6, 6.07) is 4.88. The van der Waals surface area contributed by atoms with E-state index >= 15 is 0 Å². The lowest BCUT2D eigenvalue weighted by Crippen LogP contribution is -1.85. The van der Waals surface area contributed by atoms with Crippen molar-refractivity contribution >= 4 is 15.9 Å². The van der Waals surface area contributed by atoms with Crippen LogP contribution < -0.4 is 0 Å². The summed E-state index contributed by atoms with van der Waals surface area (Å²) in [6.07, 6.45) is 1.16. The number of hydrogen-bond acceptors (Lipinski definition) is 3. The highest BCUT2D eigenvalue weighted by Crippen LogP contribution is 2.25. The number of nitrogens with zero attached hydrogens (tertiary/aromatic N) is 2. The molecule has 0 saturated carbocycles. The van der Waals surface area contributed by atoms with E-state index in [1.165, 1.54) is 0 Å². The van der Waals surface area contributed by atoms with Crippen molar-refractivity contribution in [2.75, 3.05) is 0 Å². The van der Waals surface area contributed by atoms with E-state index < -0.39 is 5.82 Å². The van der Waals surface area contributed by atoms with Gasteiger partial charge in [-0.3, -0.25) is 0 Å². The first kappa shape index (κ1) is 8.37. The molecule has 1 heterocycles. The van der Waals surface area contributed by atoms with Crippen molar-refractivity contribution < 1.29 is 8.81 Å². The summed E-state index contributed by atoms with van der Waals surface area (Å²) in [6.45, 7) is 0. The fourth-order valence-corrected chi connectivity index (χ4v) is 1.33. The third-order valence-corrected chi connectivity index (χ3v) is 2.15. The van der Waals surface area contributed by atoms with Crippen molar-refractivity contribution in [3.63, 3.8) is 0 Å². The molecule has 2 aromatic rings. The zero-order valence-corrected chi connectivity index (χ0v) is 7.95. The predicted octanol–water partition coefficient (Wildman–Crippen LogP) is 2.64. The van der Waals surface area contributed by atoms with Gasteiger partial charge in [0.15, 0.2) is 0 Å². The van der Waals surface area contributed by atoms with Gasteiger partial charge in [0.05, 0.1) is 10.0 Å². The minimum Gasteiger partial charge on any atom is -0.423 e. The molecule has 1 aromatic carbocycles. The SMILES string of the molecule is Fc1c(Br)cccc1-c1nnco1. The lowest BCUT2D eigenvalue weighted by molar-refractivity contribution is 0.556. The molecule has 0 atom stereocenters. The summed E-state index contributed by atoms with van der Waals surface area (Å²) < 4.78 is 18.6. The van der Waals surface area contributed by atoms with E-state index in [0.29, 0.717) is 10.0 Å². The minimum atomic E-state index is -0.397. The molecule has 5 heteroatoms. The molecule has 0 aliphatic carbocycles. The summed E-state index contributed by atoms with van der Waals surface area (Å²) in [4.78, 5) is 0. The van der Waals surface area contributed by atoms with Crippen molar-refractivity contribution in [1.29, 1.82) is 0 Å². The van der Waals surface area contributed by atoms with Crippen molar-refractivity contribution in [2.45, 2.75) is 0 Å². The lowest BCUT2D eigenvalue weighted by Gasteiger charge is -1.98. The van der Waals surface area contributed by atoms with E-state index in [1.807, 2.05) is 0 Å². The second-order valence-electron chi connectivity index (χ2n) is 2.35. The first-order valence-corrected chi connectivity index (χ1v) is 4.29. The largest absolute Gasteiger partial charge is 0.423 e. The third-order valence-electron chi connectivity index (χ3n) is 1.54. The zero-order valence-electron chi connectivity index (χ0n) is 6.37. The van der Waals surface area contributed by atoms with Crippen LogP contribution in [0.2, 0.25) is 0 Å². The van der Waals surface area contributed by atoms with Crippen LogP contribution in [0.5, 0.6) is 0 Å². The van der Waals surface area contributed by atoms with Gasteiger partial charge in [-0.2, -0.15) is 0 Å². The minimum absolute atomic E-state index is 0.179. The molecule has 1 aromatic heterocycles. The van der Waals surface area contributed by atoms with E-state index in [0.717, 1.165) is 6.39 Å². The van der Waals surface area contributed by atoms with Gasteiger partial charge in [-0.25, -0.2) is 4.39 Å². The Bertz CT molecular complexity index is 416. The van der Waals surface area contributed by atoms with Gasteiger partial charge in [0.1, 0.15) is 5.82 Å². The molecule has 0 fully saturated rings. The highest BCUT2D eigenvalue weighted by Gasteiger charge is 2.11. The molecule has 0 unspecified atom stereocenters. The average Bonchev–Trinajstić information content (AvgIpc) is 2.62. The standard InChI is InChI=1S/C8H4BrFN2O/c9-6-3-1-2-5(7(6)10)8-12-11-4-13-8/h1-4H. The number of rotatable bonds is 1. The zero-order chi connectivity index (χ0) is 9.26. The van der Waals surface area contributed by atoms with Crippen LogP contribution in [0.25, 0.3) is 11.5 Å². The molecule has 13 heavy (non-hydrogen) atoms. The second-order valence-corrected chi connectivity index (χ2v) is 3.20. The number of hydrogen-bond donors (Lipinski definition) is 0. The van der Waals surface area contributed by atoms with Gasteiger partial charge in [0.25, 0.3) is 0 Å². The van der Waals surface area contributed by atoms with Crippen LogP contribution in [0.3, 0.4) is 0 Å². The summed E-state index contributed by atoms with van der Waals surface area (Å²) in [5.41, 5.74) is 0.298. The monoisotopic (exact) mass is 242 g/mol. The third kappa shape index (κ3) is 1.47. The Balaban J connectivity index is 2.59. The molecular formula is C8H4BrFN2O. The highest BCUT2D eigenvalue weighted by atomic mass is 79.9. The first-order chi connectivity index (χ1) is 6.29. The fraction of sp³-hybridized carbons (Fsp3) is 0. The van der Waals surface area contributed by atoms with Crippen molar-refractivity contribution in [1.82, 2.24) is 10.2 Å². The Morgan fingerprint density at radius 2 is 2.23 bits per heavy atom. The smallest absolute Gasteiger partial charge is 0.250 e. The quantitative estimate of drug-likeness (QED) is 0.772. The summed E-state index contributed by atoms with van der Waals surface area (Å²) >= 11 is 3.07. The van der Waals surface area contributed by atoms with Crippen LogP contribution in [-0.2, 0) is 0 Å². The maximum Gasteiger partial charge on any atom is 0.250 e. The number of benzene rings is 1. The van der Waals surface area contributed by atoms with Gasteiger partial charge < -0.3 is 4.42 Å². The Kier molecular flexibility index (Phi) is 2.10. The van der Waals surface area contributed by atoms with E-state index in [4.69, 9.17) is 4.42 Å². The first-order valence-electron chi connectivity index (χ1n) is 3.49. The van der Waals surface area contributed by atoms with Gasteiger partial charge in [-0.15, -0.1) is 10.2 Å². The maximum atomic E-state index is 13.4.